The second kappa shape index (κ2) is 7.78. The molecule has 154 valence electrons. The number of anilines is 2. The molecule has 4 rings (SSSR count). The minimum Gasteiger partial charge on any atom is -0.305 e. The summed E-state index contributed by atoms with van der Waals surface area (Å²) in [6.45, 7) is 3.76. The summed E-state index contributed by atoms with van der Waals surface area (Å²) in [6, 6.07) is 18.9. The summed E-state index contributed by atoms with van der Waals surface area (Å²) < 4.78 is 28.5. The fourth-order valence-electron chi connectivity index (χ4n) is 3.75. The number of amides is 1. The van der Waals surface area contributed by atoms with Gasteiger partial charge in [0.2, 0.25) is 0 Å². The number of benzene rings is 3. The van der Waals surface area contributed by atoms with Gasteiger partial charge >= 0.3 is 0 Å². The van der Waals surface area contributed by atoms with Crippen LogP contribution < -0.4 is 9.62 Å². The third-order valence-corrected chi connectivity index (χ3v) is 6.85. The van der Waals surface area contributed by atoms with Crippen molar-refractivity contribution in [3.8, 4) is 0 Å². The average molecular weight is 441 g/mol. The van der Waals surface area contributed by atoms with E-state index in [1.807, 2.05) is 25.1 Å². The van der Waals surface area contributed by atoms with Crippen molar-refractivity contribution in [1.29, 1.82) is 0 Å². The van der Waals surface area contributed by atoms with Crippen molar-refractivity contribution >= 4 is 38.9 Å². The maximum atomic E-state index is 13.0. The molecule has 1 aliphatic heterocycles. The zero-order valence-corrected chi connectivity index (χ0v) is 18.2. The van der Waals surface area contributed by atoms with Gasteiger partial charge in [0, 0.05) is 22.3 Å². The average Bonchev–Trinajstić information content (AvgIpc) is 3.05. The lowest BCUT2D eigenvalue weighted by Crippen LogP contribution is -2.35. The topological polar surface area (TPSA) is 66.5 Å². The molecule has 5 nitrogen and oxygen atoms in total. The Morgan fingerprint density at radius 2 is 1.80 bits per heavy atom. The van der Waals surface area contributed by atoms with Crippen LogP contribution in [0.3, 0.4) is 0 Å². The van der Waals surface area contributed by atoms with E-state index in [4.69, 9.17) is 11.6 Å². The molecule has 0 radical (unpaired) electrons. The summed E-state index contributed by atoms with van der Waals surface area (Å²) in [5.74, 6) is -0.0904. The molecular formula is C23H21ClN2O3S. The van der Waals surface area contributed by atoms with E-state index in [2.05, 4.69) is 4.72 Å². The van der Waals surface area contributed by atoms with E-state index < -0.39 is 10.0 Å². The second-order valence-electron chi connectivity index (χ2n) is 7.45. The van der Waals surface area contributed by atoms with E-state index in [1.54, 1.807) is 54.3 Å². The smallest absolute Gasteiger partial charge is 0.261 e. The fourth-order valence-corrected chi connectivity index (χ4v) is 5.16. The van der Waals surface area contributed by atoms with Crippen LogP contribution >= 0.6 is 11.6 Å². The van der Waals surface area contributed by atoms with Crippen molar-refractivity contribution < 1.29 is 13.2 Å². The van der Waals surface area contributed by atoms with Crippen LogP contribution in [0.25, 0.3) is 0 Å². The number of rotatable bonds is 4. The number of aryl methyl sites for hydroxylation is 1. The molecule has 1 heterocycles. The second-order valence-corrected chi connectivity index (χ2v) is 9.57. The van der Waals surface area contributed by atoms with Crippen molar-refractivity contribution in [2.75, 3.05) is 9.62 Å². The molecule has 0 unspecified atom stereocenters. The van der Waals surface area contributed by atoms with Crippen LogP contribution in [0, 0.1) is 6.92 Å². The number of hydrogen-bond acceptors (Lipinski definition) is 3. The molecule has 0 aromatic heterocycles. The van der Waals surface area contributed by atoms with Gasteiger partial charge in [0.05, 0.1) is 10.6 Å². The number of carbonyl (C=O) groups is 1. The Morgan fingerprint density at radius 1 is 1.07 bits per heavy atom. The molecule has 1 amide bonds. The Hall–Kier alpha value is -2.83. The Kier molecular flexibility index (Phi) is 5.30. The molecule has 0 fully saturated rings. The number of nitrogens with one attached hydrogen (secondary N) is 1. The van der Waals surface area contributed by atoms with E-state index in [9.17, 15) is 13.2 Å². The lowest BCUT2D eigenvalue weighted by Gasteiger charge is -2.23. The number of hydrogen-bond donors (Lipinski definition) is 1. The number of sulfonamides is 1. The highest BCUT2D eigenvalue weighted by Crippen LogP contribution is 2.35. The summed E-state index contributed by atoms with van der Waals surface area (Å²) in [6.07, 6.45) is 0.594. The third-order valence-electron chi connectivity index (χ3n) is 5.25. The van der Waals surface area contributed by atoms with Gasteiger partial charge in [0.25, 0.3) is 15.9 Å². The maximum Gasteiger partial charge on any atom is 0.261 e. The SMILES string of the molecule is Cc1cc(Cl)ccc1NS(=O)(=O)c1ccc2c(c1)C[C@H](C)N2C(=O)c1ccccc1. The number of carbonyl (C=O) groups excluding carboxylic acids is 1. The zero-order chi connectivity index (χ0) is 21.5. The number of fused-ring (bicyclic) bond motifs is 1. The van der Waals surface area contributed by atoms with Crippen LogP contribution in [0.1, 0.15) is 28.4 Å². The monoisotopic (exact) mass is 440 g/mol. The summed E-state index contributed by atoms with van der Waals surface area (Å²) in [4.78, 5) is 14.9. The lowest BCUT2D eigenvalue weighted by molar-refractivity contribution is 0.0981. The van der Waals surface area contributed by atoms with Gasteiger partial charge in [-0.3, -0.25) is 9.52 Å². The van der Waals surface area contributed by atoms with Crippen molar-refractivity contribution in [3.63, 3.8) is 0 Å². The first-order chi connectivity index (χ1) is 14.3. The van der Waals surface area contributed by atoms with Gasteiger partial charge in [-0.25, -0.2) is 8.42 Å². The van der Waals surface area contributed by atoms with Crippen molar-refractivity contribution in [2.45, 2.75) is 31.2 Å². The molecular weight excluding hydrogens is 420 g/mol. The normalized spacial score (nSPS) is 15.7. The van der Waals surface area contributed by atoms with Crippen LogP contribution in [0.2, 0.25) is 5.02 Å². The molecule has 0 aliphatic carbocycles. The molecule has 30 heavy (non-hydrogen) atoms. The Bertz CT molecular complexity index is 1230. The predicted octanol–water partition coefficient (Wildman–Crippen LogP) is 5.04. The third kappa shape index (κ3) is 3.80. The molecule has 0 saturated heterocycles. The van der Waals surface area contributed by atoms with Gasteiger partial charge in [-0.15, -0.1) is 0 Å². The van der Waals surface area contributed by atoms with Crippen LogP contribution in [0.5, 0.6) is 0 Å². The first-order valence-corrected chi connectivity index (χ1v) is 11.4. The first-order valence-electron chi connectivity index (χ1n) is 9.57. The van der Waals surface area contributed by atoms with Gasteiger partial charge in [0.1, 0.15) is 0 Å². The highest BCUT2D eigenvalue weighted by molar-refractivity contribution is 7.92. The molecule has 0 bridgehead atoms. The molecule has 3 aromatic carbocycles. The maximum absolute atomic E-state index is 13.0. The van der Waals surface area contributed by atoms with Gasteiger partial charge < -0.3 is 4.90 Å². The van der Waals surface area contributed by atoms with Crippen LogP contribution in [-0.4, -0.2) is 20.4 Å². The Balaban J connectivity index is 1.64. The minimum absolute atomic E-state index is 0.0582. The number of halogens is 1. The quantitative estimate of drug-likeness (QED) is 0.618. The standard InChI is InChI=1S/C23H21ClN2O3S/c1-15-12-19(24)8-10-21(15)25-30(28,29)20-9-11-22-18(14-20)13-16(2)26(22)23(27)17-6-4-3-5-7-17/h3-12,14,16,25H,13H2,1-2H3/t16-/m0/s1. The van der Waals surface area contributed by atoms with Crippen LogP contribution in [0.4, 0.5) is 11.4 Å². The predicted molar refractivity (Wildman–Crippen MR) is 120 cm³/mol. The fraction of sp³-hybridized carbons (Fsp3) is 0.174. The van der Waals surface area contributed by atoms with Gasteiger partial charge in [0.15, 0.2) is 0 Å². The van der Waals surface area contributed by atoms with E-state index in [-0.39, 0.29) is 16.8 Å². The van der Waals surface area contributed by atoms with Crippen LogP contribution in [-0.2, 0) is 16.4 Å². The van der Waals surface area contributed by atoms with E-state index in [0.717, 1.165) is 16.8 Å². The Morgan fingerprint density at radius 3 is 2.50 bits per heavy atom. The van der Waals surface area contributed by atoms with Crippen molar-refractivity contribution in [3.05, 3.63) is 88.4 Å². The minimum atomic E-state index is -3.77. The highest BCUT2D eigenvalue weighted by Gasteiger charge is 2.32. The van der Waals surface area contributed by atoms with E-state index in [1.165, 1.54) is 6.07 Å². The molecule has 1 aliphatic rings. The van der Waals surface area contributed by atoms with E-state index >= 15 is 0 Å². The number of nitrogens with zero attached hydrogens (tertiary/aromatic N) is 1. The molecule has 0 saturated carbocycles. The van der Waals surface area contributed by atoms with E-state index in [0.29, 0.717) is 22.7 Å². The molecule has 1 atom stereocenters. The van der Waals surface area contributed by atoms with Crippen molar-refractivity contribution in [1.82, 2.24) is 0 Å². The molecule has 7 heteroatoms. The Labute approximate surface area is 181 Å². The molecule has 0 spiro atoms. The largest absolute Gasteiger partial charge is 0.305 e. The molecule has 3 aromatic rings. The van der Waals surface area contributed by atoms with Crippen molar-refractivity contribution in [2.24, 2.45) is 0 Å². The summed E-state index contributed by atoms with van der Waals surface area (Å²) in [7, 11) is -3.77. The summed E-state index contributed by atoms with van der Waals surface area (Å²) in [5, 5.41) is 0.546. The van der Waals surface area contributed by atoms with Gasteiger partial charge in [-0.05, 0) is 79.9 Å². The van der Waals surface area contributed by atoms with Gasteiger partial charge in [-0.1, -0.05) is 29.8 Å². The highest BCUT2D eigenvalue weighted by atomic mass is 35.5. The van der Waals surface area contributed by atoms with Gasteiger partial charge in [-0.2, -0.15) is 0 Å². The zero-order valence-electron chi connectivity index (χ0n) is 16.6. The lowest BCUT2D eigenvalue weighted by atomic mass is 10.1. The summed E-state index contributed by atoms with van der Waals surface area (Å²) >= 11 is 5.96. The summed E-state index contributed by atoms with van der Waals surface area (Å²) in [5.41, 5.74) is 3.41. The first kappa shape index (κ1) is 20.4. The van der Waals surface area contributed by atoms with Crippen LogP contribution in [0.15, 0.2) is 71.6 Å². The molecule has 1 N–H and O–H groups in total.